The van der Waals surface area contributed by atoms with Gasteiger partial charge in [0, 0.05) is 18.1 Å². The normalized spacial score (nSPS) is 10.1. The monoisotopic (exact) mass is 187 g/mol. The second kappa shape index (κ2) is 3.46. The van der Waals surface area contributed by atoms with E-state index in [1.54, 1.807) is 19.3 Å². The lowest BCUT2D eigenvalue weighted by molar-refractivity contribution is 0.112. The van der Waals surface area contributed by atoms with Gasteiger partial charge < -0.3 is 4.42 Å². The molecule has 0 bridgehead atoms. The molecule has 1 heterocycles. The van der Waals surface area contributed by atoms with E-state index in [1.165, 1.54) is 0 Å². The first-order valence-corrected chi connectivity index (χ1v) is 4.28. The summed E-state index contributed by atoms with van der Waals surface area (Å²) in [4.78, 5) is 14.9. The molecule has 0 saturated heterocycles. The van der Waals surface area contributed by atoms with Crippen LogP contribution in [0.15, 0.2) is 34.9 Å². The van der Waals surface area contributed by atoms with E-state index in [0.717, 1.165) is 11.8 Å². The number of rotatable bonds is 2. The highest BCUT2D eigenvalue weighted by Gasteiger charge is 2.07. The molecule has 3 heteroatoms. The summed E-state index contributed by atoms with van der Waals surface area (Å²) in [5.41, 5.74) is 2.13. The number of carbonyl (C=O) groups excluding carboxylic acids is 1. The molecule has 0 aliphatic rings. The van der Waals surface area contributed by atoms with E-state index in [4.69, 9.17) is 4.42 Å². The lowest BCUT2D eigenvalue weighted by Crippen LogP contribution is -1.86. The second-order valence-corrected chi connectivity index (χ2v) is 2.96. The minimum atomic E-state index is 0.598. The molecule has 0 atom stereocenters. The van der Waals surface area contributed by atoms with Crippen LogP contribution in [0.1, 0.15) is 16.2 Å². The summed E-state index contributed by atoms with van der Waals surface area (Å²) in [6, 6.07) is 7.29. The molecule has 14 heavy (non-hydrogen) atoms. The zero-order valence-corrected chi connectivity index (χ0v) is 7.73. The lowest BCUT2D eigenvalue weighted by atomic mass is 10.1. The Morgan fingerprint density at radius 3 is 2.79 bits per heavy atom. The summed E-state index contributed by atoms with van der Waals surface area (Å²) < 4.78 is 5.09. The van der Waals surface area contributed by atoms with Crippen molar-refractivity contribution in [1.82, 2.24) is 4.98 Å². The average Bonchev–Trinajstić information content (AvgIpc) is 2.65. The summed E-state index contributed by atoms with van der Waals surface area (Å²) in [6.07, 6.45) is 2.37. The smallest absolute Gasteiger partial charge is 0.191 e. The van der Waals surface area contributed by atoms with Crippen LogP contribution < -0.4 is 0 Å². The van der Waals surface area contributed by atoms with Crippen molar-refractivity contribution in [2.75, 3.05) is 0 Å². The second-order valence-electron chi connectivity index (χ2n) is 2.96. The number of benzene rings is 1. The van der Waals surface area contributed by atoms with E-state index < -0.39 is 0 Å². The van der Waals surface area contributed by atoms with Gasteiger partial charge in [-0.2, -0.15) is 0 Å². The number of oxazole rings is 1. The van der Waals surface area contributed by atoms with Crippen molar-refractivity contribution in [3.63, 3.8) is 0 Å². The minimum absolute atomic E-state index is 0.598. The predicted molar refractivity (Wildman–Crippen MR) is 52.1 cm³/mol. The zero-order valence-electron chi connectivity index (χ0n) is 7.73. The van der Waals surface area contributed by atoms with Gasteiger partial charge in [-0.1, -0.05) is 24.3 Å². The van der Waals surface area contributed by atoms with Crippen LogP contribution in [0, 0.1) is 6.92 Å². The number of hydrogen-bond acceptors (Lipinski definition) is 3. The number of hydrogen-bond donors (Lipinski definition) is 0. The van der Waals surface area contributed by atoms with Crippen molar-refractivity contribution in [3.05, 3.63) is 42.0 Å². The van der Waals surface area contributed by atoms with Crippen molar-refractivity contribution < 1.29 is 9.21 Å². The van der Waals surface area contributed by atoms with E-state index in [0.29, 0.717) is 17.1 Å². The first-order chi connectivity index (χ1) is 6.81. The van der Waals surface area contributed by atoms with Crippen LogP contribution in [-0.2, 0) is 0 Å². The molecule has 0 unspecified atom stereocenters. The molecule has 0 aliphatic heterocycles. The molecule has 1 aromatic carbocycles. The highest BCUT2D eigenvalue weighted by Crippen LogP contribution is 2.21. The largest absolute Gasteiger partial charge is 0.449 e. The minimum Gasteiger partial charge on any atom is -0.449 e. The molecule has 3 nitrogen and oxygen atoms in total. The van der Waals surface area contributed by atoms with Crippen molar-refractivity contribution in [2.45, 2.75) is 6.92 Å². The van der Waals surface area contributed by atoms with Crippen molar-refractivity contribution in [1.29, 1.82) is 0 Å². The van der Waals surface area contributed by atoms with Gasteiger partial charge in [0.1, 0.15) is 12.0 Å². The Morgan fingerprint density at radius 1 is 1.36 bits per heavy atom. The van der Waals surface area contributed by atoms with E-state index in [9.17, 15) is 4.79 Å². The van der Waals surface area contributed by atoms with E-state index in [1.807, 2.05) is 18.2 Å². The fourth-order valence-electron chi connectivity index (χ4n) is 1.32. The molecule has 0 amide bonds. The van der Waals surface area contributed by atoms with Crippen molar-refractivity contribution in [2.24, 2.45) is 0 Å². The molecule has 0 radical (unpaired) electrons. The molecule has 0 fully saturated rings. The molecule has 2 aromatic rings. The van der Waals surface area contributed by atoms with Gasteiger partial charge in [0.15, 0.2) is 12.2 Å². The fourth-order valence-corrected chi connectivity index (χ4v) is 1.32. The maximum Gasteiger partial charge on any atom is 0.191 e. The molecule has 0 aliphatic carbocycles. The Kier molecular flexibility index (Phi) is 2.14. The number of aromatic nitrogens is 1. The van der Waals surface area contributed by atoms with Gasteiger partial charge in [-0.15, -0.1) is 0 Å². The van der Waals surface area contributed by atoms with Gasteiger partial charge in [0.25, 0.3) is 0 Å². The number of nitrogens with zero attached hydrogens (tertiary/aromatic N) is 1. The Balaban J connectivity index is 2.55. The van der Waals surface area contributed by atoms with Crippen LogP contribution in [0.5, 0.6) is 0 Å². The van der Waals surface area contributed by atoms with E-state index in [-0.39, 0.29) is 0 Å². The molecule has 0 spiro atoms. The Bertz CT molecular complexity index is 460. The van der Waals surface area contributed by atoms with Gasteiger partial charge in [-0.3, -0.25) is 4.79 Å². The summed E-state index contributed by atoms with van der Waals surface area (Å²) in [5, 5.41) is 0. The summed E-state index contributed by atoms with van der Waals surface area (Å²) in [5.74, 6) is 0.598. The van der Waals surface area contributed by atoms with E-state index in [2.05, 4.69) is 4.98 Å². The highest BCUT2D eigenvalue weighted by atomic mass is 16.3. The van der Waals surface area contributed by atoms with Crippen molar-refractivity contribution >= 4 is 6.29 Å². The van der Waals surface area contributed by atoms with Gasteiger partial charge in [0.05, 0.1) is 0 Å². The maximum absolute atomic E-state index is 10.7. The highest BCUT2D eigenvalue weighted by molar-refractivity contribution is 5.86. The van der Waals surface area contributed by atoms with Crippen LogP contribution >= 0.6 is 0 Å². The van der Waals surface area contributed by atoms with Gasteiger partial charge in [0.2, 0.25) is 0 Å². The van der Waals surface area contributed by atoms with Gasteiger partial charge in [-0.25, -0.2) is 4.98 Å². The average molecular weight is 187 g/mol. The van der Waals surface area contributed by atoms with Gasteiger partial charge >= 0.3 is 0 Å². The fraction of sp³-hybridized carbons (Fsp3) is 0.0909. The molecular formula is C11H9NO2. The number of aldehydes is 1. The van der Waals surface area contributed by atoms with Gasteiger partial charge in [-0.05, 0) is 0 Å². The maximum atomic E-state index is 10.7. The molecule has 0 N–H and O–H groups in total. The molecule has 1 aromatic heterocycles. The topological polar surface area (TPSA) is 43.1 Å². The number of carbonyl (C=O) groups is 1. The molecule has 2 rings (SSSR count). The summed E-state index contributed by atoms with van der Waals surface area (Å²) in [7, 11) is 0. The predicted octanol–water partition coefficient (Wildman–Crippen LogP) is 2.46. The van der Waals surface area contributed by atoms with Crippen LogP contribution in [0.3, 0.4) is 0 Å². The third-order valence-electron chi connectivity index (χ3n) is 1.98. The zero-order chi connectivity index (χ0) is 9.97. The summed E-state index contributed by atoms with van der Waals surface area (Å²) in [6.45, 7) is 1.77. The first-order valence-electron chi connectivity index (χ1n) is 4.28. The van der Waals surface area contributed by atoms with Crippen LogP contribution in [0.4, 0.5) is 0 Å². The lowest BCUT2D eigenvalue weighted by Gasteiger charge is -1.98. The van der Waals surface area contributed by atoms with Crippen LogP contribution in [0.2, 0.25) is 0 Å². The number of aryl methyl sites for hydroxylation is 1. The molecular weight excluding hydrogens is 178 g/mol. The SMILES string of the molecule is Cc1nc(-c2ccccc2C=O)co1. The summed E-state index contributed by atoms with van der Waals surface area (Å²) >= 11 is 0. The van der Waals surface area contributed by atoms with Crippen LogP contribution in [0.25, 0.3) is 11.3 Å². The third kappa shape index (κ3) is 1.44. The quantitative estimate of drug-likeness (QED) is 0.678. The van der Waals surface area contributed by atoms with Crippen LogP contribution in [-0.4, -0.2) is 11.3 Å². The van der Waals surface area contributed by atoms with Crippen molar-refractivity contribution in [3.8, 4) is 11.3 Å². The van der Waals surface area contributed by atoms with E-state index >= 15 is 0 Å². The molecule has 0 saturated carbocycles. The Morgan fingerprint density at radius 2 is 2.14 bits per heavy atom. The standard InChI is InChI=1S/C11H9NO2/c1-8-12-11(7-14-8)10-5-3-2-4-9(10)6-13/h2-7H,1H3. The third-order valence-corrected chi connectivity index (χ3v) is 1.98. The Hall–Kier alpha value is -1.90. The molecule has 70 valence electrons. The Labute approximate surface area is 81.4 Å². The first kappa shape index (κ1) is 8.69.